The van der Waals surface area contributed by atoms with E-state index in [1.54, 1.807) is 6.92 Å². The molecule has 0 aromatic rings. The van der Waals surface area contributed by atoms with E-state index < -0.39 is 0 Å². The molecule has 0 aliphatic rings. The van der Waals surface area contributed by atoms with Crippen LogP contribution in [0.2, 0.25) is 0 Å². The molecule has 0 saturated heterocycles. The van der Waals surface area contributed by atoms with Crippen molar-refractivity contribution in [2.45, 2.75) is 6.92 Å². The number of carbonyl (C=O) groups is 1. The van der Waals surface area contributed by atoms with E-state index in [0.717, 1.165) is 0 Å². The summed E-state index contributed by atoms with van der Waals surface area (Å²) in [5, 5.41) is 0. The molecule has 0 spiro atoms. The van der Waals surface area contributed by atoms with Gasteiger partial charge in [0.2, 0.25) is 6.08 Å². The fourth-order valence-corrected chi connectivity index (χ4v) is 0.392. The van der Waals surface area contributed by atoms with Crippen LogP contribution < -0.4 is 0 Å². The Morgan fingerprint density at radius 3 is 2.82 bits per heavy atom. The summed E-state index contributed by atoms with van der Waals surface area (Å²) in [5.41, 5.74) is 0.469. The zero-order valence-corrected chi connectivity index (χ0v) is 6.33. The minimum atomic E-state index is -0.147. The van der Waals surface area contributed by atoms with Gasteiger partial charge in [-0.25, -0.2) is 9.79 Å². The first kappa shape index (κ1) is 9.53. The smallest absolute Gasteiger partial charge is 0.235 e. The summed E-state index contributed by atoms with van der Waals surface area (Å²) in [6.07, 6.45) is 4.19. The molecule has 0 atom stereocenters. The Labute approximate surface area is 65.1 Å². The third-order valence-corrected chi connectivity index (χ3v) is 0.951. The highest BCUT2D eigenvalue weighted by Crippen LogP contribution is 1.90. The highest BCUT2D eigenvalue weighted by Gasteiger charge is 1.92. The Morgan fingerprint density at radius 2 is 2.36 bits per heavy atom. The van der Waals surface area contributed by atoms with E-state index in [2.05, 4.69) is 11.6 Å². The van der Waals surface area contributed by atoms with E-state index in [-0.39, 0.29) is 12.3 Å². The van der Waals surface area contributed by atoms with Crippen LogP contribution >= 0.6 is 0 Å². The van der Waals surface area contributed by atoms with Crippen molar-refractivity contribution in [1.82, 2.24) is 0 Å². The van der Waals surface area contributed by atoms with Gasteiger partial charge >= 0.3 is 0 Å². The van der Waals surface area contributed by atoms with Crippen LogP contribution in [0.5, 0.6) is 0 Å². The van der Waals surface area contributed by atoms with Gasteiger partial charge in [0.25, 0.3) is 0 Å². The normalized spacial score (nSPS) is 9.18. The predicted octanol–water partition coefficient (Wildman–Crippen LogP) is 1.02. The lowest BCUT2D eigenvalue weighted by Gasteiger charge is -1.86. The second-order valence-electron chi connectivity index (χ2n) is 1.98. The van der Waals surface area contributed by atoms with Crippen LogP contribution in [0.3, 0.4) is 0 Å². The maximum atomic E-state index is 10.8. The van der Waals surface area contributed by atoms with Crippen molar-refractivity contribution >= 4 is 11.9 Å². The van der Waals surface area contributed by atoms with Gasteiger partial charge in [0, 0.05) is 0 Å². The van der Waals surface area contributed by atoms with E-state index in [0.29, 0.717) is 5.57 Å². The van der Waals surface area contributed by atoms with Gasteiger partial charge in [-0.05, 0) is 18.6 Å². The summed E-state index contributed by atoms with van der Waals surface area (Å²) in [6, 6.07) is 0. The van der Waals surface area contributed by atoms with Crippen molar-refractivity contribution in [2.75, 3.05) is 6.54 Å². The molecule has 0 fully saturated rings. The van der Waals surface area contributed by atoms with Gasteiger partial charge in [-0.1, -0.05) is 12.7 Å². The van der Waals surface area contributed by atoms with Crippen molar-refractivity contribution in [1.29, 1.82) is 0 Å². The molecule has 58 valence electrons. The monoisotopic (exact) mass is 151 g/mol. The average molecular weight is 151 g/mol. The topological polar surface area (TPSA) is 46.5 Å². The predicted molar refractivity (Wildman–Crippen MR) is 41.9 cm³/mol. The average Bonchev–Trinajstić information content (AvgIpc) is 1.97. The minimum absolute atomic E-state index is 0.147. The number of ketones is 1. The lowest BCUT2D eigenvalue weighted by Crippen LogP contribution is -1.91. The van der Waals surface area contributed by atoms with Crippen molar-refractivity contribution in [3.05, 3.63) is 24.3 Å². The summed E-state index contributed by atoms with van der Waals surface area (Å²) < 4.78 is 0. The Balaban J connectivity index is 3.84. The number of aliphatic imine (C=N–C) groups is 1. The molecule has 3 nitrogen and oxygen atoms in total. The Kier molecular flexibility index (Phi) is 4.61. The molecule has 0 bridgehead atoms. The molecule has 0 aliphatic heterocycles. The second kappa shape index (κ2) is 5.33. The van der Waals surface area contributed by atoms with Crippen molar-refractivity contribution in [3.63, 3.8) is 0 Å². The van der Waals surface area contributed by atoms with E-state index in [1.165, 1.54) is 18.2 Å². The second-order valence-corrected chi connectivity index (χ2v) is 1.98. The maximum Gasteiger partial charge on any atom is 0.235 e. The first-order valence-electron chi connectivity index (χ1n) is 3.08. The van der Waals surface area contributed by atoms with Crippen molar-refractivity contribution in [2.24, 2.45) is 4.99 Å². The summed E-state index contributed by atoms with van der Waals surface area (Å²) in [4.78, 5) is 23.6. The first-order valence-corrected chi connectivity index (χ1v) is 3.08. The van der Waals surface area contributed by atoms with Crippen molar-refractivity contribution in [3.8, 4) is 0 Å². The van der Waals surface area contributed by atoms with Crippen LogP contribution in [0.15, 0.2) is 29.3 Å². The molecule has 0 amide bonds. The number of nitrogens with zero attached hydrogens (tertiary/aromatic N) is 1. The standard InChI is InChI=1S/C8H9NO2/c1-7(2)8(11)4-3-5-9-6-10/h3-4H,1,5H2,2H3. The molecule has 0 rings (SSSR count). The zero-order valence-electron chi connectivity index (χ0n) is 6.33. The van der Waals surface area contributed by atoms with Gasteiger partial charge in [0.05, 0.1) is 6.54 Å². The van der Waals surface area contributed by atoms with Crippen LogP contribution in [0, 0.1) is 0 Å². The largest absolute Gasteiger partial charge is 0.290 e. The fourth-order valence-electron chi connectivity index (χ4n) is 0.392. The molecular weight excluding hydrogens is 142 g/mol. The SMILES string of the molecule is C=C(C)C(=O)C=CCN=C=O. The molecule has 11 heavy (non-hydrogen) atoms. The van der Waals surface area contributed by atoms with Gasteiger partial charge in [0.15, 0.2) is 5.78 Å². The van der Waals surface area contributed by atoms with Gasteiger partial charge in [-0.3, -0.25) is 4.79 Å². The third-order valence-electron chi connectivity index (χ3n) is 0.951. The lowest BCUT2D eigenvalue weighted by atomic mass is 10.2. The van der Waals surface area contributed by atoms with Crippen LogP contribution in [-0.4, -0.2) is 18.4 Å². The number of hydrogen-bond donors (Lipinski definition) is 0. The van der Waals surface area contributed by atoms with Gasteiger partial charge < -0.3 is 0 Å². The number of hydrogen-bond acceptors (Lipinski definition) is 3. The van der Waals surface area contributed by atoms with Crippen LogP contribution in [0.1, 0.15) is 6.92 Å². The molecule has 0 aromatic carbocycles. The highest BCUT2D eigenvalue weighted by molar-refractivity contribution is 6.02. The zero-order chi connectivity index (χ0) is 8.69. The summed E-state index contributed by atoms with van der Waals surface area (Å²) in [7, 11) is 0. The molecule has 0 aliphatic carbocycles. The van der Waals surface area contributed by atoms with E-state index in [4.69, 9.17) is 0 Å². The van der Waals surface area contributed by atoms with E-state index in [1.807, 2.05) is 0 Å². The molecule has 0 saturated carbocycles. The Bertz CT molecular complexity index is 234. The molecule has 3 heteroatoms. The van der Waals surface area contributed by atoms with Crippen LogP contribution in [0.25, 0.3) is 0 Å². The van der Waals surface area contributed by atoms with Crippen molar-refractivity contribution < 1.29 is 9.59 Å². The van der Waals surface area contributed by atoms with Crippen LogP contribution in [-0.2, 0) is 9.59 Å². The maximum absolute atomic E-state index is 10.8. The number of isocyanates is 1. The van der Waals surface area contributed by atoms with Crippen LogP contribution in [0.4, 0.5) is 0 Å². The first-order chi connectivity index (χ1) is 5.18. The lowest BCUT2D eigenvalue weighted by molar-refractivity contribution is -0.111. The number of allylic oxidation sites excluding steroid dienone is 2. The highest BCUT2D eigenvalue weighted by atomic mass is 16.1. The summed E-state index contributed by atoms with van der Waals surface area (Å²) in [6.45, 7) is 5.26. The molecule has 0 N–H and O–H groups in total. The Morgan fingerprint density at radius 1 is 1.73 bits per heavy atom. The minimum Gasteiger partial charge on any atom is -0.290 e. The summed E-state index contributed by atoms with van der Waals surface area (Å²) in [5.74, 6) is -0.147. The molecular formula is C8H9NO2. The van der Waals surface area contributed by atoms with Gasteiger partial charge in [0.1, 0.15) is 0 Å². The van der Waals surface area contributed by atoms with E-state index >= 15 is 0 Å². The molecule has 0 radical (unpaired) electrons. The fraction of sp³-hybridized carbons (Fsp3) is 0.250. The third kappa shape index (κ3) is 5.00. The number of carbonyl (C=O) groups excluding carboxylic acids is 2. The molecule has 0 heterocycles. The molecule has 0 aromatic heterocycles. The number of rotatable bonds is 4. The quantitative estimate of drug-likeness (QED) is 0.342. The van der Waals surface area contributed by atoms with Gasteiger partial charge in [-0.15, -0.1) is 0 Å². The van der Waals surface area contributed by atoms with E-state index in [9.17, 15) is 9.59 Å². The summed E-state index contributed by atoms with van der Waals surface area (Å²) >= 11 is 0. The molecule has 0 unspecified atom stereocenters. The van der Waals surface area contributed by atoms with Gasteiger partial charge in [-0.2, -0.15) is 0 Å². The Hall–Kier alpha value is -1.47.